The fraction of sp³-hybridized carbons (Fsp3) is 0.583. The van der Waals surface area contributed by atoms with Crippen LogP contribution in [0.25, 0.3) is 11.2 Å². The summed E-state index contributed by atoms with van der Waals surface area (Å²) < 4.78 is 9.07. The number of carbonyl (C=O) groups excluding carboxylic acids is 1. The van der Waals surface area contributed by atoms with Gasteiger partial charge in [0.25, 0.3) is 0 Å². The van der Waals surface area contributed by atoms with Crippen LogP contribution in [0.5, 0.6) is 0 Å². The van der Waals surface area contributed by atoms with Gasteiger partial charge >= 0.3 is 5.97 Å². The number of esters is 1. The zero-order chi connectivity index (χ0) is 14.2. The fourth-order valence-corrected chi connectivity index (χ4v) is 2.56. The molecule has 19 heavy (non-hydrogen) atoms. The summed E-state index contributed by atoms with van der Waals surface area (Å²) in [4.78, 5) is 15.0. The quantitative estimate of drug-likeness (QED) is 0.689. The van der Waals surface area contributed by atoms with Crippen LogP contribution in [-0.2, 0) is 23.0 Å². The molecule has 7 heteroatoms. The maximum atomic E-state index is 11.9. The number of aromatic nitrogens is 4. The molecule has 1 atom stereocenters. The molecule has 0 fully saturated rings. The molecule has 2 aromatic rings. The molecule has 0 bridgehead atoms. The molecule has 6 nitrogen and oxygen atoms in total. The van der Waals surface area contributed by atoms with E-state index in [9.17, 15) is 4.79 Å². The summed E-state index contributed by atoms with van der Waals surface area (Å²) in [5.74, 6) is -0.293. The fourth-order valence-electron chi connectivity index (χ4n) is 2.21. The highest BCUT2D eigenvalue weighted by molar-refractivity contribution is 7.71. The number of rotatable bonds is 4. The number of aromatic amines is 1. The molecule has 0 saturated carbocycles. The SMILES string of the molecule is CCOC(=O)C(C)n1c(=S)[nH]c2c(CC)nn(C)c21. The Bertz CT molecular complexity index is 667. The van der Waals surface area contributed by atoms with Crippen molar-refractivity contribution < 1.29 is 9.53 Å². The Morgan fingerprint density at radius 2 is 2.21 bits per heavy atom. The Balaban J connectivity index is 2.60. The van der Waals surface area contributed by atoms with E-state index < -0.39 is 6.04 Å². The number of carbonyl (C=O) groups is 1. The minimum atomic E-state index is -0.471. The number of imidazole rings is 1. The number of ether oxygens (including phenoxy) is 1. The molecule has 0 radical (unpaired) electrons. The van der Waals surface area contributed by atoms with Crippen LogP contribution in [0.2, 0.25) is 0 Å². The van der Waals surface area contributed by atoms with Gasteiger partial charge in [-0.25, -0.2) is 4.79 Å². The lowest BCUT2D eigenvalue weighted by molar-refractivity contribution is -0.146. The minimum absolute atomic E-state index is 0.293. The predicted octanol–water partition coefficient (Wildman–Crippen LogP) is 2.12. The molecule has 0 aliphatic rings. The van der Waals surface area contributed by atoms with Gasteiger partial charge in [-0.1, -0.05) is 6.92 Å². The summed E-state index contributed by atoms with van der Waals surface area (Å²) in [5.41, 5.74) is 2.66. The summed E-state index contributed by atoms with van der Waals surface area (Å²) in [6.07, 6.45) is 0.806. The first kappa shape index (κ1) is 13.8. The first-order valence-electron chi connectivity index (χ1n) is 6.33. The van der Waals surface area contributed by atoms with E-state index in [0.29, 0.717) is 11.4 Å². The van der Waals surface area contributed by atoms with Crippen LogP contribution >= 0.6 is 12.2 Å². The van der Waals surface area contributed by atoms with Crippen LogP contribution in [-0.4, -0.2) is 31.9 Å². The van der Waals surface area contributed by atoms with Crippen LogP contribution in [0, 0.1) is 4.77 Å². The largest absolute Gasteiger partial charge is 0.464 e. The van der Waals surface area contributed by atoms with Gasteiger partial charge in [0.15, 0.2) is 10.4 Å². The van der Waals surface area contributed by atoms with Gasteiger partial charge in [0.2, 0.25) is 0 Å². The average molecular weight is 282 g/mol. The van der Waals surface area contributed by atoms with Gasteiger partial charge in [-0.05, 0) is 32.5 Å². The van der Waals surface area contributed by atoms with Gasteiger partial charge in [-0.15, -0.1) is 0 Å². The van der Waals surface area contributed by atoms with Crippen LogP contribution in [0.1, 0.15) is 32.5 Å². The van der Waals surface area contributed by atoms with Gasteiger partial charge in [-0.3, -0.25) is 9.25 Å². The molecule has 0 spiro atoms. The van der Waals surface area contributed by atoms with E-state index in [1.165, 1.54) is 0 Å². The van der Waals surface area contributed by atoms with Crippen LogP contribution < -0.4 is 0 Å². The molecule has 0 aromatic carbocycles. The van der Waals surface area contributed by atoms with Gasteiger partial charge in [0.05, 0.1) is 12.3 Å². The van der Waals surface area contributed by atoms with Crippen molar-refractivity contribution in [3.63, 3.8) is 0 Å². The predicted molar refractivity (Wildman–Crippen MR) is 74.6 cm³/mol. The Kier molecular flexibility index (Phi) is 3.75. The van der Waals surface area contributed by atoms with Gasteiger partial charge in [0, 0.05) is 7.05 Å². The highest BCUT2D eigenvalue weighted by atomic mass is 32.1. The van der Waals surface area contributed by atoms with Gasteiger partial charge < -0.3 is 9.72 Å². The lowest BCUT2D eigenvalue weighted by atomic mass is 10.3. The third-order valence-electron chi connectivity index (χ3n) is 3.12. The van der Waals surface area contributed by atoms with E-state index in [0.717, 1.165) is 23.3 Å². The average Bonchev–Trinajstić information content (AvgIpc) is 2.86. The van der Waals surface area contributed by atoms with Crippen molar-refractivity contribution in [2.24, 2.45) is 7.05 Å². The standard InChI is InChI=1S/C12H18N4O2S/c1-5-8-9-10(15(4)14-8)16(12(19)13-9)7(3)11(17)18-6-2/h7H,5-6H2,1-4H3,(H,13,19). The summed E-state index contributed by atoms with van der Waals surface area (Å²) in [6, 6.07) is -0.471. The zero-order valence-electron chi connectivity index (χ0n) is 11.6. The summed E-state index contributed by atoms with van der Waals surface area (Å²) in [7, 11) is 1.85. The third kappa shape index (κ3) is 2.18. The summed E-state index contributed by atoms with van der Waals surface area (Å²) in [6.45, 7) is 5.95. The van der Waals surface area contributed by atoms with Crippen LogP contribution in [0.4, 0.5) is 0 Å². The maximum absolute atomic E-state index is 11.9. The molecular formula is C12H18N4O2S. The van der Waals surface area contributed by atoms with E-state index in [2.05, 4.69) is 10.1 Å². The van der Waals surface area contributed by atoms with E-state index in [1.807, 2.05) is 14.0 Å². The molecule has 0 aliphatic carbocycles. The monoisotopic (exact) mass is 282 g/mol. The minimum Gasteiger partial charge on any atom is -0.464 e. The molecule has 1 unspecified atom stereocenters. The van der Waals surface area contributed by atoms with E-state index in [4.69, 9.17) is 17.0 Å². The number of H-pyrrole nitrogens is 1. The van der Waals surface area contributed by atoms with Crippen molar-refractivity contribution in [2.75, 3.05) is 6.61 Å². The normalized spacial score (nSPS) is 12.8. The molecule has 0 saturated heterocycles. The van der Waals surface area contributed by atoms with Crippen molar-refractivity contribution in [1.82, 2.24) is 19.3 Å². The van der Waals surface area contributed by atoms with Gasteiger partial charge in [0.1, 0.15) is 11.6 Å². The van der Waals surface area contributed by atoms with Crippen molar-refractivity contribution >= 4 is 29.4 Å². The summed E-state index contributed by atoms with van der Waals surface area (Å²) >= 11 is 5.31. The molecule has 2 rings (SSSR count). The van der Waals surface area contributed by atoms with Crippen molar-refractivity contribution in [3.05, 3.63) is 10.5 Å². The number of fused-ring (bicyclic) bond motifs is 1. The molecule has 0 aliphatic heterocycles. The van der Waals surface area contributed by atoms with E-state index in [-0.39, 0.29) is 5.97 Å². The van der Waals surface area contributed by atoms with Crippen molar-refractivity contribution in [2.45, 2.75) is 33.2 Å². The molecular weight excluding hydrogens is 264 g/mol. The number of hydrogen-bond acceptors (Lipinski definition) is 4. The second-order valence-electron chi connectivity index (χ2n) is 4.35. The molecule has 104 valence electrons. The smallest absolute Gasteiger partial charge is 0.328 e. The third-order valence-corrected chi connectivity index (χ3v) is 3.42. The highest BCUT2D eigenvalue weighted by Gasteiger charge is 2.23. The lowest BCUT2D eigenvalue weighted by Crippen LogP contribution is -2.20. The molecule has 0 amide bonds. The van der Waals surface area contributed by atoms with E-state index >= 15 is 0 Å². The van der Waals surface area contributed by atoms with Crippen LogP contribution in [0.3, 0.4) is 0 Å². The van der Waals surface area contributed by atoms with E-state index in [1.54, 1.807) is 23.1 Å². The Labute approximate surface area is 116 Å². The number of nitrogens with zero attached hydrogens (tertiary/aromatic N) is 3. The molecule has 2 heterocycles. The number of nitrogens with one attached hydrogen (secondary N) is 1. The topological polar surface area (TPSA) is 64.8 Å². The number of aryl methyl sites for hydroxylation is 2. The first-order chi connectivity index (χ1) is 9.01. The lowest BCUT2D eigenvalue weighted by Gasteiger charge is -2.13. The van der Waals surface area contributed by atoms with Gasteiger partial charge in [-0.2, -0.15) is 5.10 Å². The highest BCUT2D eigenvalue weighted by Crippen LogP contribution is 2.22. The maximum Gasteiger partial charge on any atom is 0.328 e. The van der Waals surface area contributed by atoms with Crippen molar-refractivity contribution in [1.29, 1.82) is 0 Å². The molecule has 2 aromatic heterocycles. The Hall–Kier alpha value is -1.63. The second-order valence-corrected chi connectivity index (χ2v) is 4.74. The van der Waals surface area contributed by atoms with Crippen LogP contribution in [0.15, 0.2) is 0 Å². The molecule has 1 N–H and O–H groups in total. The van der Waals surface area contributed by atoms with Crippen molar-refractivity contribution in [3.8, 4) is 0 Å². The Morgan fingerprint density at radius 1 is 1.53 bits per heavy atom. The second kappa shape index (κ2) is 5.16. The first-order valence-corrected chi connectivity index (χ1v) is 6.74. The summed E-state index contributed by atoms with van der Waals surface area (Å²) in [5, 5.41) is 4.42. The zero-order valence-corrected chi connectivity index (χ0v) is 12.4. The number of hydrogen-bond donors (Lipinski definition) is 1. The Morgan fingerprint density at radius 3 is 2.79 bits per heavy atom.